The number of urea groups is 1. The Morgan fingerprint density at radius 1 is 1.00 bits per heavy atom. The van der Waals surface area contributed by atoms with Crippen LogP contribution in [0.2, 0.25) is 0 Å². The minimum absolute atomic E-state index is 0.294. The SMILES string of the molecule is COc1ccc(NC(=O)Nc2ccc(-c3csc(C)n3)cc2)cc1. The van der Waals surface area contributed by atoms with Crippen LogP contribution in [0.3, 0.4) is 0 Å². The Bertz CT molecular complexity index is 826. The molecule has 5 nitrogen and oxygen atoms in total. The standard InChI is InChI=1S/C18H17N3O2S/c1-12-19-17(11-24-12)13-3-5-14(6-4-13)20-18(22)21-15-7-9-16(23-2)10-8-15/h3-11H,1-2H3,(H2,20,21,22). The van der Waals surface area contributed by atoms with Gasteiger partial charge in [-0.15, -0.1) is 11.3 Å². The van der Waals surface area contributed by atoms with Gasteiger partial charge in [-0.25, -0.2) is 9.78 Å². The van der Waals surface area contributed by atoms with Gasteiger partial charge < -0.3 is 15.4 Å². The highest BCUT2D eigenvalue weighted by Gasteiger charge is 2.05. The highest BCUT2D eigenvalue weighted by molar-refractivity contribution is 7.09. The molecule has 0 bridgehead atoms. The molecule has 2 aromatic carbocycles. The molecule has 1 heterocycles. The zero-order chi connectivity index (χ0) is 16.9. The number of aryl methyl sites for hydroxylation is 1. The van der Waals surface area contributed by atoms with Gasteiger partial charge in [0.1, 0.15) is 5.75 Å². The van der Waals surface area contributed by atoms with Crippen molar-refractivity contribution in [2.24, 2.45) is 0 Å². The molecule has 0 fully saturated rings. The van der Waals surface area contributed by atoms with Crippen molar-refractivity contribution in [3.8, 4) is 17.0 Å². The molecule has 0 atom stereocenters. The lowest BCUT2D eigenvalue weighted by molar-refractivity contribution is 0.262. The predicted molar refractivity (Wildman–Crippen MR) is 97.9 cm³/mol. The molecule has 0 aliphatic carbocycles. The van der Waals surface area contributed by atoms with Crippen LogP contribution in [0.4, 0.5) is 16.2 Å². The van der Waals surface area contributed by atoms with Gasteiger partial charge in [0.25, 0.3) is 0 Å². The number of nitrogens with zero attached hydrogens (tertiary/aromatic N) is 1. The number of aromatic nitrogens is 1. The Hall–Kier alpha value is -2.86. The third-order valence-corrected chi connectivity index (χ3v) is 4.18. The van der Waals surface area contributed by atoms with E-state index >= 15 is 0 Å². The van der Waals surface area contributed by atoms with Crippen LogP contribution >= 0.6 is 11.3 Å². The van der Waals surface area contributed by atoms with E-state index in [1.165, 1.54) is 0 Å². The van der Waals surface area contributed by atoms with E-state index in [9.17, 15) is 4.79 Å². The summed E-state index contributed by atoms with van der Waals surface area (Å²) < 4.78 is 5.09. The van der Waals surface area contributed by atoms with Crippen LogP contribution < -0.4 is 15.4 Å². The summed E-state index contributed by atoms with van der Waals surface area (Å²) in [5.74, 6) is 0.744. The first-order valence-corrected chi connectivity index (χ1v) is 8.26. The maximum absolute atomic E-state index is 12.0. The molecular weight excluding hydrogens is 322 g/mol. The second kappa shape index (κ2) is 7.14. The molecular formula is C18H17N3O2S. The molecule has 2 amide bonds. The fourth-order valence-electron chi connectivity index (χ4n) is 2.19. The first-order chi connectivity index (χ1) is 11.6. The monoisotopic (exact) mass is 339 g/mol. The average Bonchev–Trinajstić information content (AvgIpc) is 3.02. The molecule has 0 radical (unpaired) electrons. The molecule has 2 N–H and O–H groups in total. The minimum atomic E-state index is -0.294. The number of methoxy groups -OCH3 is 1. The van der Waals surface area contributed by atoms with Crippen molar-refractivity contribution in [2.45, 2.75) is 6.92 Å². The molecule has 0 saturated carbocycles. The van der Waals surface area contributed by atoms with Gasteiger partial charge in [-0.1, -0.05) is 12.1 Å². The van der Waals surface area contributed by atoms with Gasteiger partial charge in [0.15, 0.2) is 0 Å². The molecule has 3 aromatic rings. The van der Waals surface area contributed by atoms with Crippen molar-refractivity contribution in [2.75, 3.05) is 17.7 Å². The van der Waals surface area contributed by atoms with Gasteiger partial charge in [0, 0.05) is 22.3 Å². The van der Waals surface area contributed by atoms with Crippen molar-refractivity contribution >= 4 is 28.7 Å². The smallest absolute Gasteiger partial charge is 0.323 e. The van der Waals surface area contributed by atoms with Gasteiger partial charge in [-0.3, -0.25) is 0 Å². The number of hydrogen-bond acceptors (Lipinski definition) is 4. The topological polar surface area (TPSA) is 63.2 Å². The fourth-order valence-corrected chi connectivity index (χ4v) is 2.81. The summed E-state index contributed by atoms with van der Waals surface area (Å²) >= 11 is 1.62. The van der Waals surface area contributed by atoms with Crippen LogP contribution in [0, 0.1) is 6.92 Å². The molecule has 6 heteroatoms. The third kappa shape index (κ3) is 3.91. The summed E-state index contributed by atoms with van der Waals surface area (Å²) in [7, 11) is 1.60. The zero-order valence-electron chi connectivity index (χ0n) is 13.4. The maximum atomic E-state index is 12.0. The normalized spacial score (nSPS) is 10.2. The van der Waals surface area contributed by atoms with Gasteiger partial charge in [-0.2, -0.15) is 0 Å². The van der Waals surface area contributed by atoms with Crippen LogP contribution in [0.25, 0.3) is 11.3 Å². The zero-order valence-corrected chi connectivity index (χ0v) is 14.2. The summed E-state index contributed by atoms with van der Waals surface area (Å²) in [6.07, 6.45) is 0. The molecule has 0 aliphatic rings. The molecule has 24 heavy (non-hydrogen) atoms. The van der Waals surface area contributed by atoms with Crippen LogP contribution in [0.5, 0.6) is 5.75 Å². The Balaban J connectivity index is 1.61. The predicted octanol–water partition coefficient (Wildman–Crippen LogP) is 4.77. The fraction of sp³-hybridized carbons (Fsp3) is 0.111. The van der Waals surface area contributed by atoms with Crippen molar-refractivity contribution in [3.05, 3.63) is 58.9 Å². The van der Waals surface area contributed by atoms with E-state index in [0.29, 0.717) is 5.69 Å². The number of ether oxygens (including phenoxy) is 1. The van der Waals surface area contributed by atoms with E-state index < -0.39 is 0 Å². The molecule has 3 rings (SSSR count). The number of amides is 2. The first-order valence-electron chi connectivity index (χ1n) is 7.38. The highest BCUT2D eigenvalue weighted by Crippen LogP contribution is 2.23. The Morgan fingerprint density at radius 2 is 1.58 bits per heavy atom. The average molecular weight is 339 g/mol. The van der Waals surface area contributed by atoms with Crippen LogP contribution in [0.15, 0.2) is 53.9 Å². The van der Waals surface area contributed by atoms with E-state index in [-0.39, 0.29) is 6.03 Å². The Morgan fingerprint density at radius 3 is 2.08 bits per heavy atom. The van der Waals surface area contributed by atoms with Crippen LogP contribution in [0.1, 0.15) is 5.01 Å². The van der Waals surface area contributed by atoms with E-state index in [1.54, 1.807) is 42.7 Å². The van der Waals surface area contributed by atoms with E-state index in [0.717, 1.165) is 27.7 Å². The Labute approximate surface area is 144 Å². The largest absolute Gasteiger partial charge is 0.497 e. The molecule has 0 unspecified atom stereocenters. The molecule has 122 valence electrons. The van der Waals surface area contributed by atoms with Crippen molar-refractivity contribution in [1.82, 2.24) is 4.98 Å². The van der Waals surface area contributed by atoms with Gasteiger partial charge in [-0.05, 0) is 43.3 Å². The number of carbonyl (C=O) groups is 1. The lowest BCUT2D eigenvalue weighted by atomic mass is 10.1. The van der Waals surface area contributed by atoms with E-state index in [4.69, 9.17) is 4.74 Å². The summed E-state index contributed by atoms with van der Waals surface area (Å²) in [6.45, 7) is 1.98. The minimum Gasteiger partial charge on any atom is -0.497 e. The molecule has 0 spiro atoms. The molecule has 1 aromatic heterocycles. The van der Waals surface area contributed by atoms with Crippen LogP contribution in [-0.2, 0) is 0 Å². The summed E-state index contributed by atoms with van der Waals surface area (Å²) in [5.41, 5.74) is 3.40. The van der Waals surface area contributed by atoms with Crippen molar-refractivity contribution in [1.29, 1.82) is 0 Å². The van der Waals surface area contributed by atoms with E-state index in [2.05, 4.69) is 15.6 Å². The number of nitrogens with one attached hydrogen (secondary N) is 2. The second-order valence-electron chi connectivity index (χ2n) is 5.14. The Kier molecular flexibility index (Phi) is 4.77. The molecule has 0 saturated heterocycles. The van der Waals surface area contributed by atoms with Gasteiger partial charge in [0.2, 0.25) is 0 Å². The summed E-state index contributed by atoms with van der Waals surface area (Å²) in [4.78, 5) is 16.5. The summed E-state index contributed by atoms with van der Waals surface area (Å²) in [5, 5.41) is 8.63. The number of hydrogen-bond donors (Lipinski definition) is 2. The quantitative estimate of drug-likeness (QED) is 0.719. The second-order valence-corrected chi connectivity index (χ2v) is 6.20. The van der Waals surface area contributed by atoms with Gasteiger partial charge >= 0.3 is 6.03 Å². The van der Waals surface area contributed by atoms with Crippen LogP contribution in [-0.4, -0.2) is 18.1 Å². The number of thiazole rings is 1. The highest BCUT2D eigenvalue weighted by atomic mass is 32.1. The maximum Gasteiger partial charge on any atom is 0.323 e. The van der Waals surface area contributed by atoms with Crippen molar-refractivity contribution in [3.63, 3.8) is 0 Å². The van der Waals surface area contributed by atoms with E-state index in [1.807, 2.05) is 36.6 Å². The number of rotatable bonds is 4. The van der Waals surface area contributed by atoms with Gasteiger partial charge in [0.05, 0.1) is 17.8 Å². The number of anilines is 2. The summed E-state index contributed by atoms with van der Waals surface area (Å²) in [6, 6.07) is 14.5. The van der Waals surface area contributed by atoms with Crippen molar-refractivity contribution < 1.29 is 9.53 Å². The first kappa shape index (κ1) is 16.0. The third-order valence-electron chi connectivity index (χ3n) is 3.41. The number of benzene rings is 2. The number of carbonyl (C=O) groups excluding carboxylic acids is 1. The lowest BCUT2D eigenvalue weighted by Gasteiger charge is -2.08. The molecule has 0 aliphatic heterocycles. The lowest BCUT2D eigenvalue weighted by Crippen LogP contribution is -2.19.